The molecule has 0 N–H and O–H groups in total. The Morgan fingerprint density at radius 3 is 1.69 bits per heavy atom. The van der Waals surface area contributed by atoms with Crippen LogP contribution in [-0.4, -0.2) is 5.97 Å². The fraction of sp³-hybridized carbons (Fsp3) is 0.0682. The molecule has 5 heteroatoms. The van der Waals surface area contributed by atoms with Crippen LogP contribution in [0, 0.1) is 0 Å². The summed E-state index contributed by atoms with van der Waals surface area (Å²) in [6.45, 7) is 4.05. The highest BCUT2D eigenvalue weighted by molar-refractivity contribution is 5.97. The number of allylic oxidation sites excluding steroid dienone is 3. The standard InChI is InChI=1S/C44H34N2O3/c1-3-16-31(4-2)45(32-17-8-5-9-18-32)35-25-27-39-41(29-35)48-42-30-36(46(33-19-10-6-11-20-33)34-21-12-7-13-22-34)26-28-40(42)44(39)38-24-15-14-23-37(38)43(47)49-44/h3-30H,1-2H3/b16-3-,31-4+. The van der Waals surface area contributed by atoms with E-state index in [1.54, 1.807) is 0 Å². The predicted molar refractivity (Wildman–Crippen MR) is 197 cm³/mol. The molecule has 2 heterocycles. The van der Waals surface area contributed by atoms with E-state index < -0.39 is 5.60 Å². The van der Waals surface area contributed by atoms with E-state index in [4.69, 9.17) is 9.47 Å². The first kappa shape index (κ1) is 30.0. The van der Waals surface area contributed by atoms with E-state index in [-0.39, 0.29) is 5.97 Å². The van der Waals surface area contributed by atoms with Gasteiger partial charge in [-0.25, -0.2) is 4.79 Å². The van der Waals surface area contributed by atoms with Crippen molar-refractivity contribution in [2.45, 2.75) is 19.4 Å². The smallest absolute Gasteiger partial charge is 0.340 e. The van der Waals surface area contributed by atoms with Crippen molar-refractivity contribution in [2.24, 2.45) is 0 Å². The molecule has 0 fully saturated rings. The highest BCUT2D eigenvalue weighted by Gasteiger charge is 2.53. The van der Waals surface area contributed by atoms with Crippen molar-refractivity contribution in [1.29, 1.82) is 0 Å². The molecule has 0 aliphatic carbocycles. The fourth-order valence-electron chi connectivity index (χ4n) is 7.03. The molecule has 0 saturated carbocycles. The molecule has 1 unspecified atom stereocenters. The molecule has 6 aromatic rings. The second kappa shape index (κ2) is 12.4. The topological polar surface area (TPSA) is 42.0 Å². The van der Waals surface area contributed by atoms with Gasteiger partial charge >= 0.3 is 5.97 Å². The van der Waals surface area contributed by atoms with Crippen LogP contribution in [0.2, 0.25) is 0 Å². The number of ether oxygens (including phenoxy) is 2. The summed E-state index contributed by atoms with van der Waals surface area (Å²) in [5.41, 5.74) is 7.62. The molecule has 2 aliphatic rings. The van der Waals surface area contributed by atoms with E-state index in [1.165, 1.54) is 0 Å². The van der Waals surface area contributed by atoms with Gasteiger partial charge in [0.15, 0.2) is 5.60 Å². The minimum absolute atomic E-state index is 0.354. The molecular weight excluding hydrogens is 604 g/mol. The van der Waals surface area contributed by atoms with Gasteiger partial charge in [-0.2, -0.15) is 0 Å². The van der Waals surface area contributed by atoms with E-state index in [0.29, 0.717) is 17.1 Å². The Bertz CT molecular complexity index is 2190. The predicted octanol–water partition coefficient (Wildman–Crippen LogP) is 11.3. The first-order chi connectivity index (χ1) is 24.1. The number of esters is 1. The maximum Gasteiger partial charge on any atom is 0.340 e. The molecule has 5 nitrogen and oxygen atoms in total. The van der Waals surface area contributed by atoms with Crippen LogP contribution in [0.15, 0.2) is 176 Å². The first-order valence-corrected chi connectivity index (χ1v) is 16.5. The molecule has 0 aromatic heterocycles. The minimum Gasteiger partial charge on any atom is -0.456 e. The Hall–Kier alpha value is -6.33. The number of hydrogen-bond acceptors (Lipinski definition) is 5. The molecule has 1 spiro atoms. The Balaban J connectivity index is 1.34. The summed E-state index contributed by atoms with van der Waals surface area (Å²) in [6, 6.07) is 50.8. The number of carbonyl (C=O) groups is 1. The van der Waals surface area contributed by atoms with Crippen molar-refractivity contribution < 1.29 is 14.3 Å². The fourth-order valence-corrected chi connectivity index (χ4v) is 7.03. The summed E-state index contributed by atoms with van der Waals surface area (Å²) < 4.78 is 13.4. The van der Waals surface area contributed by atoms with Gasteiger partial charge < -0.3 is 19.3 Å². The van der Waals surface area contributed by atoms with Crippen LogP contribution >= 0.6 is 0 Å². The number of fused-ring (bicyclic) bond motifs is 6. The average Bonchev–Trinajstić information content (AvgIpc) is 3.45. The average molecular weight is 639 g/mol. The number of benzene rings is 6. The van der Waals surface area contributed by atoms with Gasteiger partial charge in [0, 0.05) is 63.0 Å². The number of nitrogens with zero attached hydrogens (tertiary/aromatic N) is 2. The molecule has 0 bridgehead atoms. The number of carbonyl (C=O) groups excluding carboxylic acids is 1. The maximum absolute atomic E-state index is 13.6. The van der Waals surface area contributed by atoms with Crippen molar-refractivity contribution in [3.05, 3.63) is 198 Å². The molecule has 6 aromatic carbocycles. The summed E-state index contributed by atoms with van der Waals surface area (Å²) in [5.74, 6) is 0.886. The van der Waals surface area contributed by atoms with Crippen LogP contribution in [0.25, 0.3) is 0 Å². The zero-order valence-corrected chi connectivity index (χ0v) is 27.3. The molecule has 8 rings (SSSR count). The Kier molecular flexibility index (Phi) is 7.58. The zero-order valence-electron chi connectivity index (χ0n) is 27.3. The number of rotatable bonds is 7. The molecule has 238 valence electrons. The molecule has 49 heavy (non-hydrogen) atoms. The monoisotopic (exact) mass is 638 g/mol. The Labute approximate surface area is 286 Å². The van der Waals surface area contributed by atoms with E-state index in [0.717, 1.165) is 50.8 Å². The van der Waals surface area contributed by atoms with Crippen molar-refractivity contribution in [1.82, 2.24) is 0 Å². The lowest BCUT2D eigenvalue weighted by Crippen LogP contribution is -2.33. The van der Waals surface area contributed by atoms with E-state index >= 15 is 0 Å². The van der Waals surface area contributed by atoms with E-state index in [2.05, 4.69) is 70.5 Å². The van der Waals surface area contributed by atoms with Gasteiger partial charge in [0.1, 0.15) is 11.5 Å². The highest BCUT2D eigenvalue weighted by atomic mass is 16.6. The maximum atomic E-state index is 13.6. The van der Waals surface area contributed by atoms with Gasteiger partial charge in [-0.1, -0.05) is 84.9 Å². The Morgan fingerprint density at radius 1 is 0.571 bits per heavy atom. The van der Waals surface area contributed by atoms with Crippen molar-refractivity contribution in [3.8, 4) is 11.5 Å². The minimum atomic E-state index is -1.18. The van der Waals surface area contributed by atoms with Crippen LogP contribution in [-0.2, 0) is 10.3 Å². The summed E-state index contributed by atoms with van der Waals surface area (Å²) in [4.78, 5) is 18.0. The lowest BCUT2D eigenvalue weighted by Gasteiger charge is -2.38. The van der Waals surface area contributed by atoms with Gasteiger partial charge in [-0.3, -0.25) is 0 Å². The molecule has 1 atom stereocenters. The summed E-state index contributed by atoms with van der Waals surface area (Å²) in [6.07, 6.45) is 6.22. The number of anilines is 5. The van der Waals surface area contributed by atoms with Gasteiger partial charge in [0.2, 0.25) is 0 Å². The molecule has 0 radical (unpaired) electrons. The van der Waals surface area contributed by atoms with Crippen LogP contribution < -0.4 is 14.5 Å². The van der Waals surface area contributed by atoms with Crippen LogP contribution in [0.3, 0.4) is 0 Å². The molecular formula is C44H34N2O3. The summed E-state index contributed by atoms with van der Waals surface area (Å²) in [5, 5.41) is 0. The third-order valence-electron chi connectivity index (χ3n) is 9.13. The summed E-state index contributed by atoms with van der Waals surface area (Å²) in [7, 11) is 0. The Morgan fingerprint density at radius 2 is 1.10 bits per heavy atom. The zero-order chi connectivity index (χ0) is 33.4. The van der Waals surface area contributed by atoms with Crippen molar-refractivity contribution in [2.75, 3.05) is 9.80 Å². The second-order valence-electron chi connectivity index (χ2n) is 12.0. The molecule has 2 aliphatic heterocycles. The van der Waals surface area contributed by atoms with E-state index in [1.807, 2.05) is 123 Å². The van der Waals surface area contributed by atoms with Gasteiger partial charge in [0.25, 0.3) is 0 Å². The van der Waals surface area contributed by atoms with Gasteiger partial charge in [-0.15, -0.1) is 0 Å². The lowest BCUT2D eigenvalue weighted by molar-refractivity contribution is 0.0224. The highest BCUT2D eigenvalue weighted by Crippen LogP contribution is 2.57. The van der Waals surface area contributed by atoms with Crippen molar-refractivity contribution in [3.63, 3.8) is 0 Å². The van der Waals surface area contributed by atoms with E-state index in [9.17, 15) is 4.79 Å². The van der Waals surface area contributed by atoms with Gasteiger partial charge in [0.05, 0.1) is 5.56 Å². The lowest BCUT2D eigenvalue weighted by atomic mass is 9.77. The normalized spacial score (nSPS) is 16.0. The van der Waals surface area contributed by atoms with Crippen LogP contribution in [0.5, 0.6) is 11.5 Å². The van der Waals surface area contributed by atoms with Gasteiger partial charge in [-0.05, 0) is 86.7 Å². The number of para-hydroxylation sites is 3. The van der Waals surface area contributed by atoms with Crippen LogP contribution in [0.1, 0.15) is 40.9 Å². The van der Waals surface area contributed by atoms with Crippen molar-refractivity contribution >= 4 is 34.4 Å². The first-order valence-electron chi connectivity index (χ1n) is 16.5. The number of hydrogen-bond donors (Lipinski definition) is 0. The quantitative estimate of drug-likeness (QED) is 0.129. The van der Waals surface area contributed by atoms with Crippen LogP contribution in [0.4, 0.5) is 28.4 Å². The second-order valence-corrected chi connectivity index (χ2v) is 12.0. The molecule has 0 amide bonds. The summed E-state index contributed by atoms with van der Waals surface area (Å²) >= 11 is 0. The SMILES string of the molecule is C/C=C\C(=C/C)N(c1ccccc1)c1ccc2c(c1)Oc1cc(N(c3ccccc3)c3ccccc3)ccc1C21OC(=O)c2ccccc21. The third kappa shape index (κ3) is 4.99. The largest absolute Gasteiger partial charge is 0.456 e. The third-order valence-corrected chi connectivity index (χ3v) is 9.13. The molecule has 0 saturated heterocycles.